The molecule has 2 aromatic rings. The minimum atomic E-state index is -0.826. The smallest absolute Gasteiger partial charge is 0.357 e. The molecule has 15 nitrogen and oxygen atoms in total. The van der Waals surface area contributed by atoms with E-state index < -0.39 is 41.5 Å². The first-order valence-electron chi connectivity index (χ1n) is 12.9. The highest BCUT2D eigenvalue weighted by Gasteiger charge is 2.54. The second-order valence-electron chi connectivity index (χ2n) is 10.8. The molecular weight excluding hydrogens is 677 g/mol. The van der Waals surface area contributed by atoms with Gasteiger partial charge >= 0.3 is 11.9 Å². The van der Waals surface area contributed by atoms with E-state index in [0.717, 1.165) is 6.54 Å². The largest absolute Gasteiger partial charge is 0.427 e. The molecule has 0 spiro atoms. The molecule has 2 aliphatic rings. The molecule has 2 aromatic heterocycles. The normalized spacial score (nSPS) is 17.7. The molecule has 2 amide bonds. The van der Waals surface area contributed by atoms with E-state index in [-0.39, 0.29) is 42.8 Å². The standard InChI is InChI=1S/C24H33N9O6S3.2ClH/c1-24(2,3)21(37)39-12-38-20(36)17-13(10-42-23-28-29-30-32(23)7-6-31(4)5)9-40-19-16(18(35)33(17)19)27-15(34)8-14-11-41-22(25)26-14;;/h11,16,19H,6-10,12H2,1-5H3,(H2,25,26)(H,27,34);2*1H/t16-,19+;;/m1../s1. The van der Waals surface area contributed by atoms with Crippen molar-refractivity contribution in [2.45, 2.75) is 50.3 Å². The lowest BCUT2D eigenvalue weighted by molar-refractivity contribution is -0.173. The molecular formula is C24H35Cl2N9O6S3. The van der Waals surface area contributed by atoms with Crippen LogP contribution in [0.15, 0.2) is 21.8 Å². The summed E-state index contributed by atoms with van der Waals surface area (Å²) < 4.78 is 12.1. The van der Waals surface area contributed by atoms with Crippen LogP contribution in [0.1, 0.15) is 26.5 Å². The van der Waals surface area contributed by atoms with E-state index in [1.807, 2.05) is 19.0 Å². The van der Waals surface area contributed by atoms with Crippen LogP contribution in [0.5, 0.6) is 0 Å². The summed E-state index contributed by atoms with van der Waals surface area (Å²) in [5.74, 6) is -1.48. The second-order valence-corrected chi connectivity index (χ2v) is 13.7. The van der Waals surface area contributed by atoms with Gasteiger partial charge in [0.25, 0.3) is 5.91 Å². The van der Waals surface area contributed by atoms with Crippen molar-refractivity contribution in [1.29, 1.82) is 0 Å². The van der Waals surface area contributed by atoms with Gasteiger partial charge < -0.3 is 25.4 Å². The van der Waals surface area contributed by atoms with Gasteiger partial charge in [0.05, 0.1) is 24.1 Å². The molecule has 0 radical (unpaired) electrons. The average Bonchev–Trinajstić information content (AvgIpc) is 3.55. The molecule has 1 saturated heterocycles. The van der Waals surface area contributed by atoms with Gasteiger partial charge in [0.2, 0.25) is 17.9 Å². The monoisotopic (exact) mass is 711 g/mol. The Morgan fingerprint density at radius 3 is 2.59 bits per heavy atom. The van der Waals surface area contributed by atoms with Gasteiger partial charge in [-0.15, -0.1) is 53.0 Å². The Bertz CT molecular complexity index is 1380. The number of likely N-dealkylation sites (N-methyl/N-ethyl adjacent to an activating group) is 1. The Kier molecular flexibility index (Phi) is 13.7. The fourth-order valence-corrected chi connectivity index (χ4v) is 6.83. The molecule has 0 bridgehead atoms. The topological polar surface area (TPSA) is 188 Å². The van der Waals surface area contributed by atoms with E-state index >= 15 is 0 Å². The third kappa shape index (κ3) is 9.20. The molecule has 2 aliphatic heterocycles. The zero-order valence-corrected chi connectivity index (χ0v) is 28.8. The number of aromatic nitrogens is 5. The van der Waals surface area contributed by atoms with Crippen molar-refractivity contribution >= 4 is 88.6 Å². The molecule has 244 valence electrons. The van der Waals surface area contributed by atoms with E-state index in [2.05, 4.69) is 25.8 Å². The fraction of sp³-hybridized carbons (Fsp3) is 0.583. The Labute approximate surface area is 279 Å². The lowest BCUT2D eigenvalue weighted by Crippen LogP contribution is -2.70. The number of hydrogen-bond acceptors (Lipinski definition) is 15. The second kappa shape index (κ2) is 16.1. The molecule has 44 heavy (non-hydrogen) atoms. The van der Waals surface area contributed by atoms with Gasteiger partial charge in [-0.25, -0.2) is 14.5 Å². The number of halogens is 2. The summed E-state index contributed by atoms with van der Waals surface area (Å²) in [6.07, 6.45) is -0.0246. The number of nitrogens with two attached hydrogens (primary N) is 1. The van der Waals surface area contributed by atoms with Crippen molar-refractivity contribution in [3.8, 4) is 0 Å². The van der Waals surface area contributed by atoms with E-state index in [9.17, 15) is 19.2 Å². The van der Waals surface area contributed by atoms with E-state index in [1.54, 1.807) is 30.8 Å². The molecule has 0 unspecified atom stereocenters. The SMILES string of the molecule is CN(C)CCn1nnnc1SCC1=C(C(=O)OCOC(=O)C(C)(C)C)N2C(=O)[C@@H](NC(=O)Cc3csc(N)n3)[C@@H]2SC1.Cl.Cl. The number of carbonyl (C=O) groups excluding carboxylic acids is 4. The number of thiazole rings is 1. The Balaban J connectivity index is 0.00000337. The first-order valence-corrected chi connectivity index (χ1v) is 15.8. The summed E-state index contributed by atoms with van der Waals surface area (Å²) in [5.41, 5.74) is 6.07. The number of anilines is 1. The molecule has 1 fully saturated rings. The summed E-state index contributed by atoms with van der Waals surface area (Å²) in [4.78, 5) is 58.8. The van der Waals surface area contributed by atoms with Gasteiger partial charge in [0, 0.05) is 23.4 Å². The van der Waals surface area contributed by atoms with Crippen LogP contribution in [-0.4, -0.2) is 109 Å². The van der Waals surface area contributed by atoms with E-state index in [0.29, 0.717) is 39.6 Å². The number of ether oxygens (including phenoxy) is 2. The van der Waals surface area contributed by atoms with Crippen LogP contribution in [0.25, 0.3) is 0 Å². The Morgan fingerprint density at radius 1 is 1.23 bits per heavy atom. The number of nitrogens with zero attached hydrogens (tertiary/aromatic N) is 7. The van der Waals surface area contributed by atoms with E-state index in [1.165, 1.54) is 39.8 Å². The number of tetrazole rings is 1. The predicted molar refractivity (Wildman–Crippen MR) is 170 cm³/mol. The predicted octanol–water partition coefficient (Wildman–Crippen LogP) is 1.20. The Morgan fingerprint density at radius 2 is 1.95 bits per heavy atom. The zero-order chi connectivity index (χ0) is 30.6. The number of rotatable bonds is 12. The van der Waals surface area contributed by atoms with Crippen molar-refractivity contribution in [2.24, 2.45) is 5.41 Å². The van der Waals surface area contributed by atoms with Crippen LogP contribution in [-0.2, 0) is 41.6 Å². The number of esters is 2. The lowest BCUT2D eigenvalue weighted by atomic mass is 9.98. The van der Waals surface area contributed by atoms with E-state index in [4.69, 9.17) is 15.2 Å². The molecule has 0 aromatic carbocycles. The first-order chi connectivity index (χ1) is 19.8. The third-order valence-corrected chi connectivity index (χ3v) is 9.20. The van der Waals surface area contributed by atoms with Gasteiger partial charge in [0.15, 0.2) is 5.13 Å². The van der Waals surface area contributed by atoms with Gasteiger partial charge in [0.1, 0.15) is 17.1 Å². The summed E-state index contributed by atoms with van der Waals surface area (Å²) >= 11 is 3.98. The molecule has 4 heterocycles. The quantitative estimate of drug-likeness (QED) is 0.138. The van der Waals surface area contributed by atoms with Crippen LogP contribution in [0.2, 0.25) is 0 Å². The van der Waals surface area contributed by atoms with Crippen LogP contribution in [0.4, 0.5) is 5.13 Å². The maximum atomic E-state index is 13.3. The number of fused-ring (bicyclic) bond motifs is 1. The van der Waals surface area contributed by atoms with Gasteiger partial charge in [-0.1, -0.05) is 11.8 Å². The number of nitrogen functional groups attached to an aromatic ring is 1. The Hall–Kier alpha value is -2.64. The van der Waals surface area contributed by atoms with Gasteiger partial charge in [-0.2, -0.15) is 0 Å². The maximum absolute atomic E-state index is 13.3. The summed E-state index contributed by atoms with van der Waals surface area (Å²) in [7, 11) is 3.89. The highest BCUT2D eigenvalue weighted by molar-refractivity contribution is 8.01. The molecule has 0 aliphatic carbocycles. The third-order valence-electron chi connectivity index (χ3n) is 6.09. The zero-order valence-electron chi connectivity index (χ0n) is 24.7. The minimum absolute atomic E-state index is 0. The van der Waals surface area contributed by atoms with Crippen LogP contribution in [0.3, 0.4) is 0 Å². The number of carbonyl (C=O) groups is 4. The van der Waals surface area contributed by atoms with Gasteiger partial charge in [-0.05, 0) is 50.9 Å². The summed E-state index contributed by atoms with van der Waals surface area (Å²) in [6, 6.07) is -0.826. The number of β-lactam (4-membered cyclic amide) rings is 1. The van der Waals surface area contributed by atoms with Crippen molar-refractivity contribution < 1.29 is 28.7 Å². The van der Waals surface area contributed by atoms with Crippen molar-refractivity contribution in [3.05, 3.63) is 22.3 Å². The molecule has 3 N–H and O–H groups in total. The molecule has 2 atom stereocenters. The van der Waals surface area contributed by atoms with Crippen molar-refractivity contribution in [3.63, 3.8) is 0 Å². The molecule has 0 saturated carbocycles. The van der Waals surface area contributed by atoms with Crippen LogP contribution >= 0.6 is 59.7 Å². The summed E-state index contributed by atoms with van der Waals surface area (Å²) in [6.45, 7) is 5.75. The van der Waals surface area contributed by atoms with Crippen molar-refractivity contribution in [2.75, 3.05) is 44.7 Å². The fourth-order valence-electron chi connectivity index (χ4n) is 3.88. The lowest BCUT2D eigenvalue weighted by Gasteiger charge is -2.49. The average molecular weight is 713 g/mol. The molecule has 4 rings (SSSR count). The van der Waals surface area contributed by atoms with Crippen LogP contribution in [0, 0.1) is 5.41 Å². The maximum Gasteiger partial charge on any atom is 0.357 e. The number of amides is 2. The number of thioether (sulfide) groups is 2. The number of hydrogen-bond donors (Lipinski definition) is 2. The molecule has 20 heteroatoms. The minimum Gasteiger partial charge on any atom is -0.427 e. The van der Waals surface area contributed by atoms with Gasteiger partial charge in [-0.3, -0.25) is 19.3 Å². The number of nitrogens with one attached hydrogen (secondary N) is 1. The highest BCUT2D eigenvalue weighted by atomic mass is 35.5. The van der Waals surface area contributed by atoms with Crippen molar-refractivity contribution in [1.82, 2.24) is 40.3 Å². The first kappa shape index (κ1) is 37.5. The highest BCUT2D eigenvalue weighted by Crippen LogP contribution is 2.42. The summed E-state index contributed by atoms with van der Waals surface area (Å²) in [5, 5.41) is 16.7. The van der Waals surface area contributed by atoms with Crippen LogP contribution < -0.4 is 11.1 Å².